The molecule has 158 valence electrons. The number of carbonyl (C=O) groups is 2. The first-order valence-electron chi connectivity index (χ1n) is 10.7. The molecule has 1 saturated heterocycles. The SMILES string of the molecule is Cc1ccc2c(c1)N(CCC(=O)NC1CCN(Cc3ccccc3)CC1)C(=O)CO2. The van der Waals surface area contributed by atoms with Gasteiger partial charge in [-0.15, -0.1) is 0 Å². The number of nitrogens with one attached hydrogen (secondary N) is 1. The van der Waals surface area contributed by atoms with E-state index in [2.05, 4.69) is 34.5 Å². The number of aryl methyl sites for hydroxylation is 1. The topological polar surface area (TPSA) is 61.9 Å². The highest BCUT2D eigenvalue weighted by atomic mass is 16.5. The van der Waals surface area contributed by atoms with E-state index < -0.39 is 0 Å². The number of hydrogen-bond donors (Lipinski definition) is 1. The number of ether oxygens (including phenoxy) is 1. The van der Waals surface area contributed by atoms with Crippen LogP contribution < -0.4 is 15.0 Å². The number of hydrogen-bond acceptors (Lipinski definition) is 4. The lowest BCUT2D eigenvalue weighted by Gasteiger charge is -2.33. The number of anilines is 1. The van der Waals surface area contributed by atoms with Gasteiger partial charge < -0.3 is 15.0 Å². The number of piperidine rings is 1. The Hall–Kier alpha value is -2.86. The number of benzene rings is 2. The summed E-state index contributed by atoms with van der Waals surface area (Å²) in [6.07, 6.45) is 2.21. The van der Waals surface area contributed by atoms with Gasteiger partial charge >= 0.3 is 0 Å². The van der Waals surface area contributed by atoms with Gasteiger partial charge in [-0.1, -0.05) is 36.4 Å². The Kier molecular flexibility index (Phi) is 6.33. The Morgan fingerprint density at radius 2 is 1.90 bits per heavy atom. The highest BCUT2D eigenvalue weighted by Crippen LogP contribution is 2.32. The number of carbonyl (C=O) groups excluding carboxylic acids is 2. The predicted molar refractivity (Wildman–Crippen MR) is 117 cm³/mol. The highest BCUT2D eigenvalue weighted by molar-refractivity contribution is 5.98. The van der Waals surface area contributed by atoms with Crippen LogP contribution in [0.2, 0.25) is 0 Å². The van der Waals surface area contributed by atoms with Gasteiger partial charge in [0.15, 0.2) is 6.61 Å². The summed E-state index contributed by atoms with van der Waals surface area (Å²) in [5, 5.41) is 3.16. The first-order chi connectivity index (χ1) is 14.6. The van der Waals surface area contributed by atoms with E-state index >= 15 is 0 Å². The molecule has 6 nitrogen and oxygen atoms in total. The fourth-order valence-corrected chi connectivity index (χ4v) is 4.15. The molecule has 2 amide bonds. The zero-order chi connectivity index (χ0) is 20.9. The van der Waals surface area contributed by atoms with E-state index in [1.807, 2.05) is 31.2 Å². The van der Waals surface area contributed by atoms with Crippen LogP contribution >= 0.6 is 0 Å². The monoisotopic (exact) mass is 407 g/mol. The normalized spacial score (nSPS) is 17.4. The molecular formula is C24H29N3O3. The fourth-order valence-electron chi connectivity index (χ4n) is 4.15. The molecule has 0 bridgehead atoms. The summed E-state index contributed by atoms with van der Waals surface area (Å²) in [6, 6.07) is 16.5. The van der Waals surface area contributed by atoms with Crippen molar-refractivity contribution in [3.8, 4) is 5.75 Å². The van der Waals surface area contributed by atoms with Crippen molar-refractivity contribution >= 4 is 17.5 Å². The van der Waals surface area contributed by atoms with Crippen LogP contribution in [-0.4, -0.2) is 49.0 Å². The molecule has 2 aliphatic rings. The van der Waals surface area contributed by atoms with Gasteiger partial charge in [0.25, 0.3) is 5.91 Å². The molecule has 0 aliphatic carbocycles. The van der Waals surface area contributed by atoms with Crippen molar-refractivity contribution in [1.29, 1.82) is 0 Å². The molecule has 0 atom stereocenters. The van der Waals surface area contributed by atoms with Gasteiger partial charge in [0.05, 0.1) is 5.69 Å². The molecule has 0 saturated carbocycles. The standard InChI is InChI=1S/C24H29N3O3/c1-18-7-8-22-21(15-18)27(24(29)17-30-22)14-11-23(28)25-20-9-12-26(13-10-20)16-19-5-3-2-4-6-19/h2-8,15,20H,9-14,16-17H2,1H3,(H,25,28). The van der Waals surface area contributed by atoms with Crippen LogP contribution in [0.1, 0.15) is 30.4 Å². The Morgan fingerprint density at radius 3 is 2.67 bits per heavy atom. The number of likely N-dealkylation sites (tertiary alicyclic amines) is 1. The molecular weight excluding hydrogens is 378 g/mol. The van der Waals surface area contributed by atoms with Crippen LogP contribution in [0.25, 0.3) is 0 Å². The molecule has 2 aliphatic heterocycles. The van der Waals surface area contributed by atoms with Crippen molar-refractivity contribution in [3.05, 3.63) is 59.7 Å². The maximum atomic E-state index is 12.5. The minimum absolute atomic E-state index is 0.00463. The van der Waals surface area contributed by atoms with E-state index in [0.29, 0.717) is 18.7 Å². The van der Waals surface area contributed by atoms with Gasteiger partial charge in [0.2, 0.25) is 5.91 Å². The summed E-state index contributed by atoms with van der Waals surface area (Å²) in [5.41, 5.74) is 3.14. The second-order valence-electron chi connectivity index (χ2n) is 8.16. The van der Waals surface area contributed by atoms with Crippen molar-refractivity contribution in [2.45, 2.75) is 38.8 Å². The zero-order valence-corrected chi connectivity index (χ0v) is 17.5. The molecule has 0 aromatic heterocycles. The highest BCUT2D eigenvalue weighted by Gasteiger charge is 2.26. The third-order valence-electron chi connectivity index (χ3n) is 5.82. The lowest BCUT2D eigenvalue weighted by atomic mass is 10.0. The molecule has 0 radical (unpaired) electrons. The van der Waals surface area contributed by atoms with Crippen LogP contribution in [-0.2, 0) is 16.1 Å². The van der Waals surface area contributed by atoms with Gasteiger partial charge in [0, 0.05) is 38.6 Å². The summed E-state index contributed by atoms with van der Waals surface area (Å²) in [5.74, 6) is 0.603. The van der Waals surface area contributed by atoms with Crippen LogP contribution in [0.3, 0.4) is 0 Å². The van der Waals surface area contributed by atoms with Crippen LogP contribution in [0.5, 0.6) is 5.75 Å². The van der Waals surface area contributed by atoms with Crippen molar-refractivity contribution in [2.24, 2.45) is 0 Å². The summed E-state index contributed by atoms with van der Waals surface area (Å²) in [6.45, 7) is 5.30. The zero-order valence-electron chi connectivity index (χ0n) is 17.5. The summed E-state index contributed by atoms with van der Waals surface area (Å²) < 4.78 is 5.51. The van der Waals surface area contributed by atoms with Crippen LogP contribution in [0.4, 0.5) is 5.69 Å². The second-order valence-corrected chi connectivity index (χ2v) is 8.16. The molecule has 2 aromatic rings. The average Bonchev–Trinajstić information content (AvgIpc) is 2.75. The maximum absolute atomic E-state index is 12.5. The Morgan fingerprint density at radius 1 is 1.13 bits per heavy atom. The minimum Gasteiger partial charge on any atom is -0.482 e. The molecule has 0 spiro atoms. The van der Waals surface area contributed by atoms with Crippen molar-refractivity contribution < 1.29 is 14.3 Å². The first-order valence-corrected chi connectivity index (χ1v) is 10.7. The second kappa shape index (κ2) is 9.30. The summed E-state index contributed by atoms with van der Waals surface area (Å²) >= 11 is 0. The summed E-state index contributed by atoms with van der Waals surface area (Å²) in [7, 11) is 0. The van der Waals surface area contributed by atoms with E-state index in [1.54, 1.807) is 4.90 Å². The van der Waals surface area contributed by atoms with E-state index in [0.717, 1.165) is 43.7 Å². The smallest absolute Gasteiger partial charge is 0.265 e. The molecule has 30 heavy (non-hydrogen) atoms. The van der Waals surface area contributed by atoms with Crippen molar-refractivity contribution in [1.82, 2.24) is 10.2 Å². The molecule has 1 fully saturated rings. The van der Waals surface area contributed by atoms with Crippen molar-refractivity contribution in [3.63, 3.8) is 0 Å². The van der Waals surface area contributed by atoms with Gasteiger partial charge in [-0.25, -0.2) is 0 Å². The Balaban J connectivity index is 1.24. The van der Waals surface area contributed by atoms with E-state index in [1.165, 1.54) is 5.56 Å². The molecule has 2 aromatic carbocycles. The molecule has 2 heterocycles. The van der Waals surface area contributed by atoms with Gasteiger partial charge in [0.1, 0.15) is 5.75 Å². The number of rotatable bonds is 6. The lowest BCUT2D eigenvalue weighted by molar-refractivity contribution is -0.122. The van der Waals surface area contributed by atoms with Crippen LogP contribution in [0.15, 0.2) is 48.5 Å². The number of nitrogens with zero attached hydrogens (tertiary/aromatic N) is 2. The Labute approximate surface area is 177 Å². The molecule has 1 N–H and O–H groups in total. The third kappa shape index (κ3) is 5.00. The van der Waals surface area contributed by atoms with Crippen molar-refractivity contribution in [2.75, 3.05) is 31.1 Å². The average molecular weight is 408 g/mol. The van der Waals surface area contributed by atoms with E-state index in [9.17, 15) is 9.59 Å². The van der Waals surface area contributed by atoms with Crippen LogP contribution in [0, 0.1) is 6.92 Å². The molecule has 0 unspecified atom stereocenters. The summed E-state index contributed by atoms with van der Waals surface area (Å²) in [4.78, 5) is 28.9. The molecule has 6 heteroatoms. The van der Waals surface area contributed by atoms with Gasteiger partial charge in [-0.05, 0) is 43.0 Å². The minimum atomic E-state index is -0.102. The van der Waals surface area contributed by atoms with E-state index in [4.69, 9.17) is 4.74 Å². The van der Waals surface area contributed by atoms with E-state index in [-0.39, 0.29) is 24.5 Å². The van der Waals surface area contributed by atoms with Gasteiger partial charge in [-0.2, -0.15) is 0 Å². The predicted octanol–water partition coefficient (Wildman–Crippen LogP) is 2.89. The lowest BCUT2D eigenvalue weighted by Crippen LogP contribution is -2.46. The quantitative estimate of drug-likeness (QED) is 0.800. The fraction of sp³-hybridized carbons (Fsp3) is 0.417. The third-order valence-corrected chi connectivity index (χ3v) is 5.82. The molecule has 4 rings (SSSR count). The first kappa shape index (κ1) is 20.4. The number of fused-ring (bicyclic) bond motifs is 1. The largest absolute Gasteiger partial charge is 0.482 e. The maximum Gasteiger partial charge on any atom is 0.265 e. The Bertz CT molecular complexity index is 892. The number of amides is 2. The van der Waals surface area contributed by atoms with Gasteiger partial charge in [-0.3, -0.25) is 14.5 Å².